The van der Waals surface area contributed by atoms with Gasteiger partial charge in [0.05, 0.1) is 0 Å². The molecule has 90 valence electrons. The van der Waals surface area contributed by atoms with Gasteiger partial charge in [0.15, 0.2) is 0 Å². The van der Waals surface area contributed by atoms with Crippen LogP contribution in [0.4, 0.5) is 0 Å². The first-order chi connectivity index (χ1) is 7.41. The van der Waals surface area contributed by atoms with E-state index in [1.54, 1.807) is 0 Å². The molecule has 1 N–H and O–H groups in total. The molecule has 0 aliphatic carbocycles. The van der Waals surface area contributed by atoms with Crippen molar-refractivity contribution in [3.05, 3.63) is 23.0 Å². The van der Waals surface area contributed by atoms with Gasteiger partial charge in [0, 0.05) is 12.3 Å². The molecule has 16 heavy (non-hydrogen) atoms. The summed E-state index contributed by atoms with van der Waals surface area (Å²) >= 11 is 0. The zero-order valence-electron chi connectivity index (χ0n) is 11.3. The van der Waals surface area contributed by atoms with Gasteiger partial charge in [-0.2, -0.15) is 0 Å². The first-order valence-electron chi connectivity index (χ1n) is 6.15. The molecule has 2 heteroatoms. The molecule has 0 bridgehead atoms. The smallest absolute Gasteiger partial charge is 0.125 e. The summed E-state index contributed by atoms with van der Waals surface area (Å²) in [5.41, 5.74) is 2.65. The van der Waals surface area contributed by atoms with E-state index in [0.717, 1.165) is 5.82 Å². The molecule has 0 radical (unpaired) electrons. The molecule has 1 aliphatic rings. The summed E-state index contributed by atoms with van der Waals surface area (Å²) in [5, 5.41) is 3.41. The van der Waals surface area contributed by atoms with Gasteiger partial charge in [-0.25, -0.2) is 4.99 Å². The summed E-state index contributed by atoms with van der Waals surface area (Å²) in [6, 6.07) is 0.426. The summed E-state index contributed by atoms with van der Waals surface area (Å²) in [6.07, 6.45) is 4.32. The highest BCUT2D eigenvalue weighted by Crippen LogP contribution is 2.23. The molecule has 1 heterocycles. The van der Waals surface area contributed by atoms with E-state index in [9.17, 15) is 0 Å². The van der Waals surface area contributed by atoms with Crippen LogP contribution >= 0.6 is 0 Å². The van der Waals surface area contributed by atoms with Crippen LogP contribution in [0.15, 0.2) is 28.0 Å². The van der Waals surface area contributed by atoms with Crippen molar-refractivity contribution in [3.8, 4) is 0 Å². The highest BCUT2D eigenvalue weighted by atomic mass is 15.0. The fourth-order valence-electron chi connectivity index (χ4n) is 1.68. The highest BCUT2D eigenvalue weighted by Gasteiger charge is 2.13. The average Bonchev–Trinajstić information content (AvgIpc) is 2.30. The topological polar surface area (TPSA) is 24.4 Å². The van der Waals surface area contributed by atoms with E-state index in [1.807, 2.05) is 6.21 Å². The van der Waals surface area contributed by atoms with Gasteiger partial charge in [0.25, 0.3) is 0 Å². The standard InChI is InChI=1S/C14H24N2/c1-9(2)13-7-11(5)12(6)14(15-8-13)16-10(3)4/h7-11,16H,1-6H3/t11-/m0/s1. The Morgan fingerprint density at radius 2 is 1.88 bits per heavy atom. The highest BCUT2D eigenvalue weighted by molar-refractivity contribution is 5.80. The number of aliphatic imine (C=N–C) groups is 1. The van der Waals surface area contributed by atoms with Crippen LogP contribution in [0.3, 0.4) is 0 Å². The number of hydrogen-bond donors (Lipinski definition) is 1. The molecule has 1 atom stereocenters. The Morgan fingerprint density at radius 1 is 1.25 bits per heavy atom. The van der Waals surface area contributed by atoms with Crippen molar-refractivity contribution in [3.63, 3.8) is 0 Å². The minimum absolute atomic E-state index is 0.426. The van der Waals surface area contributed by atoms with Gasteiger partial charge in [0.2, 0.25) is 0 Å². The van der Waals surface area contributed by atoms with Crippen LogP contribution in [-0.2, 0) is 0 Å². The first kappa shape index (κ1) is 13.0. The Labute approximate surface area is 99.5 Å². The molecule has 0 unspecified atom stereocenters. The Bertz CT molecular complexity index is 333. The van der Waals surface area contributed by atoms with Crippen molar-refractivity contribution in [2.45, 2.75) is 47.6 Å². The lowest BCUT2D eigenvalue weighted by Crippen LogP contribution is -2.22. The number of nitrogens with zero attached hydrogens (tertiary/aromatic N) is 1. The molecule has 1 rings (SSSR count). The number of hydrogen-bond acceptors (Lipinski definition) is 2. The van der Waals surface area contributed by atoms with Gasteiger partial charge in [-0.1, -0.05) is 26.8 Å². The molecular weight excluding hydrogens is 196 g/mol. The van der Waals surface area contributed by atoms with E-state index in [2.05, 4.69) is 57.9 Å². The maximum atomic E-state index is 4.57. The van der Waals surface area contributed by atoms with Crippen molar-refractivity contribution in [1.29, 1.82) is 0 Å². The van der Waals surface area contributed by atoms with Crippen molar-refractivity contribution in [1.82, 2.24) is 5.32 Å². The molecule has 0 aromatic heterocycles. The van der Waals surface area contributed by atoms with Crippen LogP contribution in [-0.4, -0.2) is 12.3 Å². The van der Waals surface area contributed by atoms with Gasteiger partial charge in [0.1, 0.15) is 5.82 Å². The fraction of sp³-hybridized carbons (Fsp3) is 0.643. The third-order valence-corrected chi connectivity index (χ3v) is 2.93. The minimum Gasteiger partial charge on any atom is -0.368 e. The lowest BCUT2D eigenvalue weighted by molar-refractivity contribution is 0.646. The summed E-state index contributed by atoms with van der Waals surface area (Å²) < 4.78 is 0. The summed E-state index contributed by atoms with van der Waals surface area (Å²) in [6.45, 7) is 13.1. The normalized spacial score (nSPS) is 21.5. The third kappa shape index (κ3) is 3.22. The lowest BCUT2D eigenvalue weighted by Gasteiger charge is -2.15. The van der Waals surface area contributed by atoms with Gasteiger partial charge < -0.3 is 5.32 Å². The quantitative estimate of drug-likeness (QED) is 0.773. The molecule has 0 saturated carbocycles. The second-order valence-corrected chi connectivity index (χ2v) is 5.20. The van der Waals surface area contributed by atoms with Crippen LogP contribution in [0, 0.1) is 11.8 Å². The molecule has 1 aliphatic heterocycles. The van der Waals surface area contributed by atoms with Crippen molar-refractivity contribution in [2.24, 2.45) is 16.8 Å². The Kier molecular flexibility index (Phi) is 4.34. The molecule has 2 nitrogen and oxygen atoms in total. The number of nitrogens with one attached hydrogen (secondary N) is 1. The predicted molar refractivity (Wildman–Crippen MR) is 71.5 cm³/mol. The fourth-order valence-corrected chi connectivity index (χ4v) is 1.68. The summed E-state index contributed by atoms with van der Waals surface area (Å²) in [7, 11) is 0. The van der Waals surface area contributed by atoms with E-state index >= 15 is 0 Å². The van der Waals surface area contributed by atoms with Crippen LogP contribution in [0.25, 0.3) is 0 Å². The van der Waals surface area contributed by atoms with E-state index < -0.39 is 0 Å². The molecule has 0 amide bonds. The Morgan fingerprint density at radius 3 is 2.38 bits per heavy atom. The van der Waals surface area contributed by atoms with Crippen molar-refractivity contribution in [2.75, 3.05) is 0 Å². The van der Waals surface area contributed by atoms with Gasteiger partial charge in [-0.3, -0.25) is 0 Å². The number of allylic oxidation sites excluding steroid dienone is 3. The third-order valence-electron chi connectivity index (χ3n) is 2.93. The van der Waals surface area contributed by atoms with Crippen molar-refractivity contribution >= 4 is 6.21 Å². The van der Waals surface area contributed by atoms with Gasteiger partial charge >= 0.3 is 0 Å². The van der Waals surface area contributed by atoms with Crippen LogP contribution in [0.5, 0.6) is 0 Å². The minimum atomic E-state index is 0.426. The molecule has 0 saturated heterocycles. The summed E-state index contributed by atoms with van der Waals surface area (Å²) in [5.74, 6) is 2.04. The van der Waals surface area contributed by atoms with Gasteiger partial charge in [-0.15, -0.1) is 0 Å². The molecular formula is C14H24N2. The largest absolute Gasteiger partial charge is 0.368 e. The zero-order valence-corrected chi connectivity index (χ0v) is 11.3. The molecule has 0 aromatic carbocycles. The average molecular weight is 220 g/mol. The van der Waals surface area contributed by atoms with Crippen molar-refractivity contribution < 1.29 is 0 Å². The van der Waals surface area contributed by atoms with Crippen LogP contribution in [0.2, 0.25) is 0 Å². The second kappa shape index (κ2) is 5.33. The van der Waals surface area contributed by atoms with Gasteiger partial charge in [-0.05, 0) is 43.8 Å². The number of rotatable bonds is 3. The zero-order chi connectivity index (χ0) is 12.3. The molecule has 0 fully saturated rings. The maximum absolute atomic E-state index is 4.57. The SMILES string of the molecule is CC1=C(NC(C)C)N=CC(C(C)C)=C[C@@H]1C. The lowest BCUT2D eigenvalue weighted by atomic mass is 9.96. The Balaban J connectivity index is 2.97. The molecule has 0 spiro atoms. The first-order valence-corrected chi connectivity index (χ1v) is 6.15. The molecule has 0 aromatic rings. The van der Waals surface area contributed by atoms with E-state index in [1.165, 1.54) is 11.1 Å². The monoisotopic (exact) mass is 220 g/mol. The van der Waals surface area contributed by atoms with E-state index in [0.29, 0.717) is 17.9 Å². The summed E-state index contributed by atoms with van der Waals surface area (Å²) in [4.78, 5) is 4.57. The van der Waals surface area contributed by atoms with E-state index in [4.69, 9.17) is 0 Å². The Hall–Kier alpha value is -1.05. The van der Waals surface area contributed by atoms with E-state index in [-0.39, 0.29) is 0 Å². The second-order valence-electron chi connectivity index (χ2n) is 5.20. The van der Waals surface area contributed by atoms with Crippen LogP contribution in [0.1, 0.15) is 41.5 Å². The predicted octanol–water partition coefficient (Wildman–Crippen LogP) is 3.52. The van der Waals surface area contributed by atoms with Crippen LogP contribution < -0.4 is 5.32 Å². The maximum Gasteiger partial charge on any atom is 0.125 e.